The first-order chi connectivity index (χ1) is 9.12. The minimum absolute atomic E-state index is 0.0838. The molecule has 0 spiro atoms. The van der Waals surface area contributed by atoms with Crippen molar-refractivity contribution in [3.05, 3.63) is 12.3 Å². The van der Waals surface area contributed by atoms with Crippen molar-refractivity contribution in [1.29, 1.82) is 0 Å². The van der Waals surface area contributed by atoms with E-state index in [1.54, 1.807) is 0 Å². The maximum Gasteiger partial charge on any atom is 0.260 e. The summed E-state index contributed by atoms with van der Waals surface area (Å²) in [6, 6.07) is 1.43. The topological polar surface area (TPSA) is 84.5 Å². The molecule has 0 amide bonds. The first-order valence-corrected chi connectivity index (χ1v) is 7.72. The molecule has 1 aromatic heterocycles. The Labute approximate surface area is 113 Å². The molecule has 0 saturated heterocycles. The average Bonchev–Trinajstić information content (AvgIpc) is 2.91. The molecule has 8 heteroatoms. The van der Waals surface area contributed by atoms with Crippen LogP contribution in [0.25, 0.3) is 0 Å². The molecular formula is C11H21N3O4S. The van der Waals surface area contributed by atoms with Crippen LogP contribution in [0.1, 0.15) is 13.8 Å². The lowest BCUT2D eigenvalue weighted by Gasteiger charge is -2.20. The van der Waals surface area contributed by atoms with Crippen LogP contribution in [0.5, 0.6) is 0 Å². The van der Waals surface area contributed by atoms with Crippen LogP contribution in [0, 0.1) is 0 Å². The second kappa shape index (κ2) is 8.26. The Morgan fingerprint density at radius 1 is 1.21 bits per heavy atom. The third kappa shape index (κ3) is 4.90. The monoisotopic (exact) mass is 291 g/mol. The first kappa shape index (κ1) is 16.1. The third-order valence-corrected chi connectivity index (χ3v) is 4.30. The summed E-state index contributed by atoms with van der Waals surface area (Å²) in [5.74, 6) is 0. The molecule has 0 atom stereocenters. The van der Waals surface area contributed by atoms with E-state index >= 15 is 0 Å². The zero-order valence-corrected chi connectivity index (χ0v) is 12.1. The van der Waals surface area contributed by atoms with Crippen molar-refractivity contribution in [3.8, 4) is 0 Å². The predicted octanol–water partition coefficient (Wildman–Crippen LogP) is 0.473. The number of rotatable bonds is 10. The minimum Gasteiger partial charge on any atom is -0.380 e. The zero-order valence-electron chi connectivity index (χ0n) is 11.3. The van der Waals surface area contributed by atoms with E-state index in [1.807, 2.05) is 13.8 Å². The van der Waals surface area contributed by atoms with E-state index in [2.05, 4.69) is 10.2 Å². The summed E-state index contributed by atoms with van der Waals surface area (Å²) in [4.78, 5) is 0. The number of nitrogens with one attached hydrogen (secondary N) is 1. The molecule has 1 heterocycles. The van der Waals surface area contributed by atoms with Gasteiger partial charge in [-0.15, -0.1) is 0 Å². The molecule has 0 aliphatic heterocycles. The van der Waals surface area contributed by atoms with Crippen LogP contribution in [0.4, 0.5) is 0 Å². The van der Waals surface area contributed by atoms with E-state index in [0.29, 0.717) is 39.5 Å². The maximum absolute atomic E-state index is 12.3. The van der Waals surface area contributed by atoms with Crippen LogP contribution in [0.2, 0.25) is 0 Å². The largest absolute Gasteiger partial charge is 0.380 e. The SMILES string of the molecule is CCOCCN(CCOCC)S(=O)(=O)c1ccn[nH]1. The van der Waals surface area contributed by atoms with Crippen molar-refractivity contribution in [1.82, 2.24) is 14.5 Å². The molecule has 0 fully saturated rings. The molecule has 1 rings (SSSR count). The van der Waals surface area contributed by atoms with Crippen molar-refractivity contribution >= 4 is 10.0 Å². The molecule has 110 valence electrons. The summed E-state index contributed by atoms with van der Waals surface area (Å²) >= 11 is 0. The van der Waals surface area contributed by atoms with Gasteiger partial charge in [-0.05, 0) is 19.9 Å². The summed E-state index contributed by atoms with van der Waals surface area (Å²) in [6.07, 6.45) is 1.41. The van der Waals surface area contributed by atoms with Crippen LogP contribution < -0.4 is 0 Å². The van der Waals surface area contributed by atoms with Gasteiger partial charge in [0.25, 0.3) is 10.0 Å². The molecule has 0 radical (unpaired) electrons. The van der Waals surface area contributed by atoms with Gasteiger partial charge < -0.3 is 9.47 Å². The van der Waals surface area contributed by atoms with E-state index in [4.69, 9.17) is 9.47 Å². The molecule has 0 aliphatic rings. The quantitative estimate of drug-likeness (QED) is 0.634. The number of aromatic nitrogens is 2. The van der Waals surface area contributed by atoms with Crippen molar-refractivity contribution in [3.63, 3.8) is 0 Å². The maximum atomic E-state index is 12.3. The van der Waals surface area contributed by atoms with Gasteiger partial charge in [-0.2, -0.15) is 9.40 Å². The summed E-state index contributed by atoms with van der Waals surface area (Å²) in [7, 11) is -3.56. The summed E-state index contributed by atoms with van der Waals surface area (Å²) in [5, 5.41) is 6.23. The molecule has 7 nitrogen and oxygen atoms in total. The molecule has 19 heavy (non-hydrogen) atoms. The normalized spacial score (nSPS) is 12.2. The molecule has 0 saturated carbocycles. The fraction of sp³-hybridized carbons (Fsp3) is 0.727. The van der Waals surface area contributed by atoms with Gasteiger partial charge in [0.15, 0.2) is 5.03 Å². The third-order valence-electron chi connectivity index (χ3n) is 2.47. The van der Waals surface area contributed by atoms with Crippen molar-refractivity contribution in [2.45, 2.75) is 18.9 Å². The molecular weight excluding hydrogens is 270 g/mol. The Kier molecular flexibility index (Phi) is 7.00. The highest BCUT2D eigenvalue weighted by Gasteiger charge is 2.25. The van der Waals surface area contributed by atoms with Gasteiger partial charge >= 0.3 is 0 Å². The first-order valence-electron chi connectivity index (χ1n) is 6.28. The molecule has 0 bridgehead atoms. The lowest BCUT2D eigenvalue weighted by Crippen LogP contribution is -2.37. The Bertz CT molecular complexity index is 423. The fourth-order valence-corrected chi connectivity index (χ4v) is 2.81. The van der Waals surface area contributed by atoms with Gasteiger partial charge in [0.05, 0.1) is 19.4 Å². The molecule has 1 N–H and O–H groups in total. The van der Waals surface area contributed by atoms with Crippen LogP contribution in [-0.2, 0) is 19.5 Å². The number of H-pyrrole nitrogens is 1. The summed E-state index contributed by atoms with van der Waals surface area (Å²) in [6.45, 7) is 6.16. The predicted molar refractivity (Wildman–Crippen MR) is 70.3 cm³/mol. The summed E-state index contributed by atoms with van der Waals surface area (Å²) in [5.41, 5.74) is 0. The van der Waals surface area contributed by atoms with Crippen LogP contribution >= 0.6 is 0 Å². The van der Waals surface area contributed by atoms with Gasteiger partial charge in [0, 0.05) is 26.3 Å². The van der Waals surface area contributed by atoms with E-state index < -0.39 is 10.0 Å². The average molecular weight is 291 g/mol. The van der Waals surface area contributed by atoms with Gasteiger partial charge in [-0.3, -0.25) is 5.10 Å². The van der Waals surface area contributed by atoms with E-state index in [0.717, 1.165) is 0 Å². The van der Waals surface area contributed by atoms with Crippen LogP contribution in [0.15, 0.2) is 17.3 Å². The van der Waals surface area contributed by atoms with Crippen molar-refractivity contribution in [2.24, 2.45) is 0 Å². The Morgan fingerprint density at radius 2 is 1.79 bits per heavy atom. The lowest BCUT2D eigenvalue weighted by atomic mass is 10.6. The Morgan fingerprint density at radius 3 is 2.21 bits per heavy atom. The Balaban J connectivity index is 2.70. The van der Waals surface area contributed by atoms with Gasteiger partial charge in [-0.1, -0.05) is 0 Å². The van der Waals surface area contributed by atoms with E-state index in [9.17, 15) is 8.42 Å². The number of aromatic amines is 1. The lowest BCUT2D eigenvalue weighted by molar-refractivity contribution is 0.110. The molecule has 0 aromatic carbocycles. The zero-order chi connectivity index (χ0) is 14.1. The highest BCUT2D eigenvalue weighted by atomic mass is 32.2. The van der Waals surface area contributed by atoms with E-state index in [1.165, 1.54) is 16.6 Å². The van der Waals surface area contributed by atoms with Gasteiger partial charge in [0.2, 0.25) is 0 Å². The Hall–Kier alpha value is -0.960. The second-order valence-electron chi connectivity index (χ2n) is 3.72. The van der Waals surface area contributed by atoms with E-state index in [-0.39, 0.29) is 5.03 Å². The highest BCUT2D eigenvalue weighted by Crippen LogP contribution is 2.11. The van der Waals surface area contributed by atoms with Crippen LogP contribution in [0.3, 0.4) is 0 Å². The van der Waals surface area contributed by atoms with Gasteiger partial charge in [0.1, 0.15) is 0 Å². The van der Waals surface area contributed by atoms with Crippen molar-refractivity contribution in [2.75, 3.05) is 39.5 Å². The second-order valence-corrected chi connectivity index (χ2v) is 5.63. The smallest absolute Gasteiger partial charge is 0.260 e. The van der Waals surface area contributed by atoms with Gasteiger partial charge in [-0.25, -0.2) is 8.42 Å². The highest BCUT2D eigenvalue weighted by molar-refractivity contribution is 7.89. The number of hydrogen-bond acceptors (Lipinski definition) is 5. The summed E-state index contributed by atoms with van der Waals surface area (Å²) < 4.78 is 36.4. The van der Waals surface area contributed by atoms with Crippen molar-refractivity contribution < 1.29 is 17.9 Å². The number of sulfonamides is 1. The molecule has 1 aromatic rings. The number of hydrogen-bond donors (Lipinski definition) is 1. The number of nitrogens with zero attached hydrogens (tertiary/aromatic N) is 2. The molecule has 0 unspecified atom stereocenters. The molecule has 0 aliphatic carbocycles. The minimum atomic E-state index is -3.56. The standard InChI is InChI=1S/C11H21N3O4S/c1-3-17-9-7-14(8-10-18-4-2)19(15,16)11-5-6-12-13-11/h5-6H,3-4,7-10H2,1-2H3,(H,12,13). The van der Waals surface area contributed by atoms with Crippen LogP contribution in [-0.4, -0.2) is 62.4 Å². The fourth-order valence-electron chi connectivity index (χ4n) is 1.50. The number of ether oxygens (including phenoxy) is 2.